The molecule has 2 fully saturated rings. The highest BCUT2D eigenvalue weighted by atomic mass is 19.1. The van der Waals surface area contributed by atoms with Crippen LogP contribution in [0.15, 0.2) is 54.6 Å². The zero-order chi connectivity index (χ0) is 20.1. The summed E-state index contributed by atoms with van der Waals surface area (Å²) in [7, 11) is 0. The molecule has 4 rings (SSSR count). The maximum Gasteiger partial charge on any atom is 0.222 e. The first-order valence-corrected chi connectivity index (χ1v) is 11.0. The summed E-state index contributed by atoms with van der Waals surface area (Å²) in [5.41, 5.74) is 2.30. The number of hydrogen-bond donors (Lipinski definition) is 0. The molecule has 2 aromatic rings. The Kier molecular flexibility index (Phi) is 6.60. The smallest absolute Gasteiger partial charge is 0.222 e. The van der Waals surface area contributed by atoms with Gasteiger partial charge in [-0.3, -0.25) is 9.69 Å². The summed E-state index contributed by atoms with van der Waals surface area (Å²) in [6.07, 6.45) is 7.03. The third-order valence-electron chi connectivity index (χ3n) is 6.57. The molecule has 4 heteroatoms. The van der Waals surface area contributed by atoms with E-state index in [9.17, 15) is 9.18 Å². The predicted molar refractivity (Wildman–Crippen MR) is 114 cm³/mol. The average Bonchev–Trinajstić information content (AvgIpc) is 3.29. The van der Waals surface area contributed by atoms with Gasteiger partial charge >= 0.3 is 0 Å². The van der Waals surface area contributed by atoms with E-state index in [1.54, 1.807) is 0 Å². The van der Waals surface area contributed by atoms with Gasteiger partial charge in [-0.05, 0) is 35.6 Å². The first kappa shape index (κ1) is 20.1. The largest absolute Gasteiger partial charge is 0.340 e. The molecule has 1 unspecified atom stereocenters. The number of halogens is 1. The number of amides is 1. The van der Waals surface area contributed by atoms with Crippen LogP contribution in [0.1, 0.15) is 55.7 Å². The number of carbonyl (C=O) groups excluding carboxylic acids is 1. The Morgan fingerprint density at radius 2 is 1.52 bits per heavy atom. The Hall–Kier alpha value is -2.20. The second kappa shape index (κ2) is 9.53. The van der Waals surface area contributed by atoms with Crippen molar-refractivity contribution in [3.8, 4) is 0 Å². The molecule has 0 spiro atoms. The lowest BCUT2D eigenvalue weighted by Gasteiger charge is -2.40. The fourth-order valence-electron chi connectivity index (χ4n) is 4.91. The van der Waals surface area contributed by atoms with Gasteiger partial charge in [-0.15, -0.1) is 0 Å². The van der Waals surface area contributed by atoms with E-state index >= 15 is 0 Å². The van der Waals surface area contributed by atoms with Crippen LogP contribution in [0, 0.1) is 11.7 Å². The third kappa shape index (κ3) is 5.05. The minimum absolute atomic E-state index is 0.0903. The molecular formula is C25H31FN2O. The molecule has 0 aromatic heterocycles. The first-order chi connectivity index (χ1) is 14.2. The van der Waals surface area contributed by atoms with Crippen LogP contribution in [0.2, 0.25) is 0 Å². The zero-order valence-electron chi connectivity index (χ0n) is 17.1. The van der Waals surface area contributed by atoms with Crippen molar-refractivity contribution in [1.29, 1.82) is 0 Å². The first-order valence-electron chi connectivity index (χ1n) is 11.0. The molecule has 1 heterocycles. The maximum absolute atomic E-state index is 13.5. The zero-order valence-corrected chi connectivity index (χ0v) is 17.1. The van der Waals surface area contributed by atoms with Crippen molar-refractivity contribution >= 4 is 5.91 Å². The summed E-state index contributed by atoms with van der Waals surface area (Å²) in [5, 5.41) is 0. The molecule has 0 N–H and O–H groups in total. The molecule has 2 aliphatic rings. The number of carbonyl (C=O) groups is 1. The molecule has 1 aliphatic carbocycles. The van der Waals surface area contributed by atoms with Gasteiger partial charge < -0.3 is 4.90 Å². The lowest BCUT2D eigenvalue weighted by molar-refractivity contribution is -0.133. The predicted octanol–water partition coefficient (Wildman–Crippen LogP) is 5.03. The second-order valence-corrected chi connectivity index (χ2v) is 8.47. The molecular weight excluding hydrogens is 363 g/mol. The van der Waals surface area contributed by atoms with E-state index in [1.807, 2.05) is 23.1 Å². The molecule has 0 bridgehead atoms. The van der Waals surface area contributed by atoms with Crippen LogP contribution in [0.5, 0.6) is 0 Å². The molecule has 2 aromatic carbocycles. The lowest BCUT2D eigenvalue weighted by atomic mass is 9.96. The van der Waals surface area contributed by atoms with Gasteiger partial charge in [0.1, 0.15) is 5.82 Å². The molecule has 154 valence electrons. The van der Waals surface area contributed by atoms with E-state index in [0.717, 1.165) is 44.1 Å². The number of piperazine rings is 1. The van der Waals surface area contributed by atoms with Crippen molar-refractivity contribution in [3.05, 3.63) is 71.5 Å². The average molecular weight is 395 g/mol. The molecule has 1 amide bonds. The van der Waals surface area contributed by atoms with Gasteiger partial charge in [-0.1, -0.05) is 68.1 Å². The number of benzene rings is 2. The number of hydrogen-bond acceptors (Lipinski definition) is 2. The quantitative estimate of drug-likeness (QED) is 0.686. The van der Waals surface area contributed by atoms with E-state index in [0.29, 0.717) is 12.3 Å². The summed E-state index contributed by atoms with van der Waals surface area (Å²) in [4.78, 5) is 17.1. The van der Waals surface area contributed by atoms with Crippen LogP contribution in [-0.2, 0) is 4.79 Å². The Labute approximate surface area is 173 Å². The van der Waals surface area contributed by atoms with Crippen molar-refractivity contribution in [2.24, 2.45) is 5.92 Å². The normalized spacial score (nSPS) is 19.4. The summed E-state index contributed by atoms with van der Waals surface area (Å²) < 4.78 is 13.5. The van der Waals surface area contributed by atoms with E-state index in [4.69, 9.17) is 0 Å². The lowest BCUT2D eigenvalue weighted by Crippen LogP contribution is -2.49. The Balaban J connectivity index is 1.40. The van der Waals surface area contributed by atoms with Gasteiger partial charge in [0.2, 0.25) is 5.91 Å². The van der Waals surface area contributed by atoms with E-state index < -0.39 is 0 Å². The number of rotatable bonds is 6. The van der Waals surface area contributed by atoms with Crippen molar-refractivity contribution in [3.63, 3.8) is 0 Å². The highest BCUT2D eigenvalue weighted by molar-refractivity contribution is 5.76. The Bertz CT molecular complexity index is 778. The molecule has 1 aliphatic heterocycles. The minimum atomic E-state index is -0.210. The number of nitrogens with zero attached hydrogens (tertiary/aromatic N) is 2. The standard InChI is InChI=1S/C25H31FN2O/c26-23-13-11-22(12-14-23)25(21-8-2-1-3-9-21)28-18-16-27(17-19-28)24(29)15-10-20-6-4-5-7-20/h1-3,8-9,11-14,20,25H,4-7,10,15-19H2. The molecule has 1 atom stereocenters. The minimum Gasteiger partial charge on any atom is -0.340 e. The summed E-state index contributed by atoms with van der Waals surface area (Å²) in [5.74, 6) is 0.869. The molecule has 0 radical (unpaired) electrons. The van der Waals surface area contributed by atoms with Gasteiger partial charge in [-0.25, -0.2) is 4.39 Å². The van der Waals surface area contributed by atoms with Crippen molar-refractivity contribution in [2.45, 2.75) is 44.6 Å². The molecule has 1 saturated carbocycles. The SMILES string of the molecule is O=C(CCC1CCCC1)N1CCN(C(c2ccccc2)c2ccc(F)cc2)CC1. The van der Waals surface area contributed by atoms with Crippen LogP contribution >= 0.6 is 0 Å². The van der Waals surface area contributed by atoms with E-state index in [1.165, 1.54) is 43.4 Å². The van der Waals surface area contributed by atoms with Crippen LogP contribution < -0.4 is 0 Å². The van der Waals surface area contributed by atoms with Gasteiger partial charge in [0, 0.05) is 32.6 Å². The fraction of sp³-hybridized carbons (Fsp3) is 0.480. The topological polar surface area (TPSA) is 23.6 Å². The van der Waals surface area contributed by atoms with Crippen molar-refractivity contribution < 1.29 is 9.18 Å². The molecule has 1 saturated heterocycles. The van der Waals surface area contributed by atoms with E-state index in [2.05, 4.69) is 29.2 Å². The molecule has 3 nitrogen and oxygen atoms in total. The summed E-state index contributed by atoms with van der Waals surface area (Å²) in [6.45, 7) is 3.22. The van der Waals surface area contributed by atoms with Gasteiger partial charge in [0.15, 0.2) is 0 Å². The highest BCUT2D eigenvalue weighted by Crippen LogP contribution is 2.31. The summed E-state index contributed by atoms with van der Waals surface area (Å²) in [6, 6.07) is 17.3. The molecule has 29 heavy (non-hydrogen) atoms. The van der Waals surface area contributed by atoms with Crippen molar-refractivity contribution in [2.75, 3.05) is 26.2 Å². The van der Waals surface area contributed by atoms with Gasteiger partial charge in [0.05, 0.1) is 6.04 Å². The highest BCUT2D eigenvalue weighted by Gasteiger charge is 2.28. The van der Waals surface area contributed by atoms with Crippen molar-refractivity contribution in [1.82, 2.24) is 9.80 Å². The maximum atomic E-state index is 13.5. The Morgan fingerprint density at radius 1 is 0.897 bits per heavy atom. The van der Waals surface area contributed by atoms with Gasteiger partial charge in [0.25, 0.3) is 0 Å². The second-order valence-electron chi connectivity index (χ2n) is 8.47. The van der Waals surface area contributed by atoms with Crippen LogP contribution in [-0.4, -0.2) is 41.9 Å². The Morgan fingerprint density at radius 3 is 2.17 bits per heavy atom. The van der Waals surface area contributed by atoms with E-state index in [-0.39, 0.29) is 11.9 Å². The van der Waals surface area contributed by atoms with Crippen LogP contribution in [0.3, 0.4) is 0 Å². The third-order valence-corrected chi connectivity index (χ3v) is 6.57. The fourth-order valence-corrected chi connectivity index (χ4v) is 4.91. The van der Waals surface area contributed by atoms with Crippen LogP contribution in [0.4, 0.5) is 4.39 Å². The summed E-state index contributed by atoms with van der Waals surface area (Å²) >= 11 is 0. The van der Waals surface area contributed by atoms with Gasteiger partial charge in [-0.2, -0.15) is 0 Å². The monoisotopic (exact) mass is 394 g/mol. The van der Waals surface area contributed by atoms with Crippen LogP contribution in [0.25, 0.3) is 0 Å².